The third-order valence-electron chi connectivity index (χ3n) is 4.39. The highest BCUT2D eigenvalue weighted by Crippen LogP contribution is 2.23. The average molecular weight is 433 g/mol. The Labute approximate surface area is 185 Å². The summed E-state index contributed by atoms with van der Waals surface area (Å²) < 4.78 is 10.7. The number of ether oxygens (including phenoxy) is 1. The molecule has 0 aliphatic heterocycles. The highest BCUT2D eigenvalue weighted by Gasteiger charge is 2.10. The number of benzene rings is 2. The van der Waals surface area contributed by atoms with Crippen molar-refractivity contribution in [1.82, 2.24) is 10.7 Å². The van der Waals surface area contributed by atoms with Gasteiger partial charge in [-0.15, -0.1) is 0 Å². The SMILES string of the molecule is CCOC(=O)c1cccc(-c2ccc(/C=N\NC(=O)CNC(=O)c3ccc(C)cc3)o2)c1. The molecular formula is C24H23N3O5. The Morgan fingerprint density at radius 1 is 1.03 bits per heavy atom. The van der Waals surface area contributed by atoms with Crippen molar-refractivity contribution >= 4 is 24.0 Å². The summed E-state index contributed by atoms with van der Waals surface area (Å²) in [6, 6.07) is 17.3. The molecule has 32 heavy (non-hydrogen) atoms. The number of carbonyl (C=O) groups excluding carboxylic acids is 3. The maximum atomic E-state index is 12.0. The summed E-state index contributed by atoms with van der Waals surface area (Å²) in [7, 11) is 0. The van der Waals surface area contributed by atoms with E-state index in [9.17, 15) is 14.4 Å². The fourth-order valence-electron chi connectivity index (χ4n) is 2.77. The van der Waals surface area contributed by atoms with E-state index in [0.29, 0.717) is 34.8 Å². The zero-order valence-corrected chi connectivity index (χ0v) is 17.8. The third kappa shape index (κ3) is 6.15. The van der Waals surface area contributed by atoms with Gasteiger partial charge >= 0.3 is 5.97 Å². The predicted molar refractivity (Wildman–Crippen MR) is 119 cm³/mol. The highest BCUT2D eigenvalue weighted by molar-refractivity contribution is 5.96. The van der Waals surface area contributed by atoms with Crippen LogP contribution in [0, 0.1) is 6.92 Å². The van der Waals surface area contributed by atoms with Crippen molar-refractivity contribution in [3.63, 3.8) is 0 Å². The first kappa shape index (κ1) is 22.5. The van der Waals surface area contributed by atoms with E-state index in [1.807, 2.05) is 19.1 Å². The minimum atomic E-state index is -0.476. The largest absolute Gasteiger partial charge is 0.462 e. The smallest absolute Gasteiger partial charge is 0.338 e. The number of rotatable bonds is 8. The first-order chi connectivity index (χ1) is 15.5. The molecule has 0 bridgehead atoms. The van der Waals surface area contributed by atoms with E-state index in [2.05, 4.69) is 15.8 Å². The third-order valence-corrected chi connectivity index (χ3v) is 4.39. The topological polar surface area (TPSA) is 110 Å². The summed E-state index contributed by atoms with van der Waals surface area (Å²) in [6.07, 6.45) is 1.35. The van der Waals surface area contributed by atoms with Gasteiger partial charge in [-0.05, 0) is 50.2 Å². The van der Waals surface area contributed by atoms with Crippen LogP contribution in [0.1, 0.15) is 39.0 Å². The van der Waals surface area contributed by atoms with Gasteiger partial charge in [-0.25, -0.2) is 10.2 Å². The van der Waals surface area contributed by atoms with E-state index in [1.54, 1.807) is 55.5 Å². The summed E-state index contributed by atoms with van der Waals surface area (Å²) in [4.78, 5) is 35.8. The van der Waals surface area contributed by atoms with Crippen LogP contribution in [0.25, 0.3) is 11.3 Å². The highest BCUT2D eigenvalue weighted by atomic mass is 16.5. The Bertz CT molecular complexity index is 1130. The molecule has 0 fully saturated rings. The Hall–Kier alpha value is -4.20. The van der Waals surface area contributed by atoms with Gasteiger partial charge in [0.05, 0.1) is 24.9 Å². The zero-order valence-electron chi connectivity index (χ0n) is 17.8. The quantitative estimate of drug-likeness (QED) is 0.322. The van der Waals surface area contributed by atoms with Crippen LogP contribution in [0.4, 0.5) is 0 Å². The van der Waals surface area contributed by atoms with Crippen LogP contribution >= 0.6 is 0 Å². The molecule has 0 radical (unpaired) electrons. The van der Waals surface area contributed by atoms with Crippen LogP contribution in [-0.4, -0.2) is 37.1 Å². The van der Waals surface area contributed by atoms with Crippen LogP contribution in [-0.2, 0) is 9.53 Å². The van der Waals surface area contributed by atoms with Crippen LogP contribution in [0.15, 0.2) is 70.2 Å². The zero-order chi connectivity index (χ0) is 22.9. The van der Waals surface area contributed by atoms with Crippen molar-refractivity contribution in [2.24, 2.45) is 5.10 Å². The van der Waals surface area contributed by atoms with Crippen LogP contribution in [0.3, 0.4) is 0 Å². The fraction of sp³-hybridized carbons (Fsp3) is 0.167. The van der Waals surface area contributed by atoms with Crippen molar-refractivity contribution < 1.29 is 23.5 Å². The fourth-order valence-corrected chi connectivity index (χ4v) is 2.77. The van der Waals surface area contributed by atoms with E-state index in [4.69, 9.17) is 9.15 Å². The molecule has 0 atom stereocenters. The molecule has 0 aliphatic rings. The summed E-state index contributed by atoms with van der Waals surface area (Å²) >= 11 is 0. The second-order valence-corrected chi connectivity index (χ2v) is 6.85. The second kappa shape index (κ2) is 10.7. The number of amides is 2. The lowest BCUT2D eigenvalue weighted by molar-refractivity contribution is -0.120. The standard InChI is InChI=1S/C24H23N3O5/c1-3-31-24(30)19-6-4-5-18(13-19)21-12-11-20(32-21)14-26-27-22(28)15-25-23(29)17-9-7-16(2)8-10-17/h4-14H,3,15H2,1-2H3,(H,25,29)(H,27,28)/b26-14-. The van der Waals surface area contributed by atoms with E-state index < -0.39 is 11.9 Å². The number of furan rings is 1. The maximum Gasteiger partial charge on any atom is 0.338 e. The molecule has 0 unspecified atom stereocenters. The van der Waals surface area contributed by atoms with Gasteiger partial charge in [-0.1, -0.05) is 29.8 Å². The van der Waals surface area contributed by atoms with Crippen molar-refractivity contribution in [1.29, 1.82) is 0 Å². The monoisotopic (exact) mass is 433 g/mol. The van der Waals surface area contributed by atoms with Gasteiger partial charge in [0.15, 0.2) is 0 Å². The molecule has 8 nitrogen and oxygen atoms in total. The summed E-state index contributed by atoms with van der Waals surface area (Å²) in [6.45, 7) is 3.76. The molecule has 164 valence electrons. The molecular weight excluding hydrogens is 410 g/mol. The van der Waals surface area contributed by atoms with Crippen molar-refractivity contribution in [2.75, 3.05) is 13.2 Å². The summed E-state index contributed by atoms with van der Waals surface area (Å²) in [5.41, 5.74) is 4.98. The van der Waals surface area contributed by atoms with Gasteiger partial charge in [0, 0.05) is 11.1 Å². The Balaban J connectivity index is 1.52. The van der Waals surface area contributed by atoms with E-state index in [-0.39, 0.29) is 12.5 Å². The number of hydrogen-bond donors (Lipinski definition) is 2. The van der Waals surface area contributed by atoms with Gasteiger partial charge < -0.3 is 14.5 Å². The molecule has 2 N–H and O–H groups in total. The first-order valence-corrected chi connectivity index (χ1v) is 10.0. The van der Waals surface area contributed by atoms with Crippen molar-refractivity contribution in [3.8, 4) is 11.3 Å². The molecule has 2 amide bonds. The van der Waals surface area contributed by atoms with Gasteiger partial charge in [0.25, 0.3) is 11.8 Å². The summed E-state index contributed by atoms with van der Waals surface area (Å²) in [5, 5.41) is 6.37. The number of nitrogens with zero attached hydrogens (tertiary/aromatic N) is 1. The lowest BCUT2D eigenvalue weighted by Gasteiger charge is -2.04. The summed E-state index contributed by atoms with van der Waals surface area (Å²) in [5.74, 6) is -0.278. The van der Waals surface area contributed by atoms with Crippen molar-refractivity contribution in [3.05, 3.63) is 83.1 Å². The Kier molecular flexibility index (Phi) is 7.53. The van der Waals surface area contributed by atoms with Gasteiger partial charge in [0.1, 0.15) is 11.5 Å². The van der Waals surface area contributed by atoms with Crippen LogP contribution < -0.4 is 10.7 Å². The number of aryl methyl sites for hydroxylation is 1. The maximum absolute atomic E-state index is 12.0. The second-order valence-electron chi connectivity index (χ2n) is 6.85. The molecule has 0 saturated heterocycles. The number of hydrazone groups is 1. The minimum absolute atomic E-state index is 0.214. The van der Waals surface area contributed by atoms with Gasteiger partial charge in [0.2, 0.25) is 0 Å². The number of carbonyl (C=O) groups is 3. The first-order valence-electron chi connectivity index (χ1n) is 10.0. The Morgan fingerprint density at radius 2 is 1.81 bits per heavy atom. The van der Waals surface area contributed by atoms with Gasteiger partial charge in [-0.3, -0.25) is 9.59 Å². The van der Waals surface area contributed by atoms with E-state index >= 15 is 0 Å². The molecule has 0 spiro atoms. The van der Waals surface area contributed by atoms with E-state index in [0.717, 1.165) is 5.56 Å². The minimum Gasteiger partial charge on any atom is -0.462 e. The average Bonchev–Trinajstić information content (AvgIpc) is 3.27. The molecule has 1 heterocycles. The molecule has 3 aromatic rings. The van der Waals surface area contributed by atoms with Crippen LogP contribution in [0.5, 0.6) is 0 Å². The Morgan fingerprint density at radius 3 is 2.56 bits per heavy atom. The molecule has 3 rings (SSSR count). The lowest BCUT2D eigenvalue weighted by atomic mass is 10.1. The van der Waals surface area contributed by atoms with E-state index in [1.165, 1.54) is 6.21 Å². The van der Waals surface area contributed by atoms with Gasteiger partial charge in [-0.2, -0.15) is 5.10 Å². The normalized spacial score (nSPS) is 10.7. The van der Waals surface area contributed by atoms with Crippen LogP contribution in [0.2, 0.25) is 0 Å². The predicted octanol–water partition coefficient (Wildman–Crippen LogP) is 3.31. The molecule has 2 aromatic carbocycles. The van der Waals surface area contributed by atoms with Crippen molar-refractivity contribution in [2.45, 2.75) is 13.8 Å². The number of hydrogen-bond acceptors (Lipinski definition) is 6. The lowest BCUT2D eigenvalue weighted by Crippen LogP contribution is -2.34. The number of nitrogens with one attached hydrogen (secondary N) is 2. The molecule has 8 heteroatoms. The molecule has 0 aliphatic carbocycles. The molecule has 1 aromatic heterocycles. The number of esters is 1. The molecule has 0 saturated carbocycles.